The van der Waals surface area contributed by atoms with Gasteiger partial charge in [0, 0.05) is 17.8 Å². The number of carbonyl (C=O) groups is 1. The molecule has 0 aliphatic rings. The van der Waals surface area contributed by atoms with Crippen LogP contribution in [0.4, 0.5) is 4.39 Å². The molecule has 2 aromatic rings. The van der Waals surface area contributed by atoms with Gasteiger partial charge in [-0.05, 0) is 54.2 Å². The Morgan fingerprint density at radius 1 is 1.26 bits per heavy atom. The summed E-state index contributed by atoms with van der Waals surface area (Å²) in [6.07, 6.45) is 2.36. The van der Waals surface area contributed by atoms with Gasteiger partial charge in [0.1, 0.15) is 5.82 Å². The summed E-state index contributed by atoms with van der Waals surface area (Å²) in [7, 11) is 0. The van der Waals surface area contributed by atoms with Crippen molar-refractivity contribution in [1.82, 2.24) is 9.88 Å². The van der Waals surface area contributed by atoms with E-state index in [4.69, 9.17) is 0 Å². The van der Waals surface area contributed by atoms with Crippen LogP contribution in [-0.2, 0) is 6.54 Å². The fraction of sp³-hybridized carbons (Fsp3) is 0.429. The molecule has 1 heterocycles. The molecule has 0 aliphatic heterocycles. The highest BCUT2D eigenvalue weighted by molar-refractivity contribution is 9.10. The van der Waals surface area contributed by atoms with E-state index in [1.807, 2.05) is 6.92 Å². The van der Waals surface area contributed by atoms with Crippen molar-refractivity contribution in [3.63, 3.8) is 0 Å². The summed E-state index contributed by atoms with van der Waals surface area (Å²) in [5.41, 5.74) is 2.03. The van der Waals surface area contributed by atoms with Gasteiger partial charge in [0.15, 0.2) is 0 Å². The summed E-state index contributed by atoms with van der Waals surface area (Å²) in [5.74, 6) is -0.641. The summed E-state index contributed by atoms with van der Waals surface area (Å²) in [5, 5.41) is 2.94. The first-order chi connectivity index (χ1) is 12.8. The summed E-state index contributed by atoms with van der Waals surface area (Å²) >= 11 is 3.34. The van der Waals surface area contributed by atoms with Crippen LogP contribution in [0, 0.1) is 19.7 Å². The Bertz CT molecular complexity index is 892. The minimum Gasteiger partial charge on any atom is -0.345 e. The molecule has 0 fully saturated rings. The summed E-state index contributed by atoms with van der Waals surface area (Å²) in [4.78, 5) is 25.6. The zero-order valence-corrected chi connectivity index (χ0v) is 17.8. The summed E-state index contributed by atoms with van der Waals surface area (Å²) in [6, 6.07) is 6.02. The lowest BCUT2D eigenvalue weighted by atomic mass is 10.0. The molecule has 1 amide bonds. The Hall–Kier alpha value is -1.95. The van der Waals surface area contributed by atoms with Crippen molar-refractivity contribution in [2.45, 2.75) is 59.5 Å². The Morgan fingerprint density at radius 3 is 2.52 bits per heavy atom. The van der Waals surface area contributed by atoms with Gasteiger partial charge < -0.3 is 9.88 Å². The van der Waals surface area contributed by atoms with Crippen molar-refractivity contribution >= 4 is 21.8 Å². The van der Waals surface area contributed by atoms with Crippen LogP contribution in [-0.4, -0.2) is 10.5 Å². The number of pyridine rings is 1. The van der Waals surface area contributed by atoms with Gasteiger partial charge in [-0.15, -0.1) is 0 Å². The van der Waals surface area contributed by atoms with E-state index in [-0.39, 0.29) is 17.3 Å². The first kappa shape index (κ1) is 21.4. The molecule has 1 atom stereocenters. The van der Waals surface area contributed by atoms with Gasteiger partial charge >= 0.3 is 0 Å². The molecule has 0 spiro atoms. The minimum atomic E-state index is -0.438. The Kier molecular flexibility index (Phi) is 7.36. The zero-order valence-electron chi connectivity index (χ0n) is 16.2. The monoisotopic (exact) mass is 436 g/mol. The van der Waals surface area contributed by atoms with Gasteiger partial charge in [0.05, 0.1) is 16.1 Å². The van der Waals surface area contributed by atoms with Crippen LogP contribution >= 0.6 is 15.9 Å². The predicted octanol–water partition coefficient (Wildman–Crippen LogP) is 5.05. The molecule has 6 heteroatoms. The Morgan fingerprint density at radius 2 is 1.93 bits per heavy atom. The number of rotatable bonds is 7. The number of benzene rings is 1. The number of hydrogen-bond donors (Lipinski definition) is 1. The first-order valence-corrected chi connectivity index (χ1v) is 10.1. The summed E-state index contributed by atoms with van der Waals surface area (Å²) in [6.45, 7) is 8.05. The molecule has 146 valence electrons. The van der Waals surface area contributed by atoms with E-state index < -0.39 is 6.04 Å². The van der Waals surface area contributed by atoms with Crippen molar-refractivity contribution in [1.29, 1.82) is 0 Å². The number of halogens is 2. The van der Waals surface area contributed by atoms with Crippen molar-refractivity contribution in [3.05, 3.63) is 67.3 Å². The van der Waals surface area contributed by atoms with Gasteiger partial charge in [0.2, 0.25) is 0 Å². The van der Waals surface area contributed by atoms with Gasteiger partial charge in [0.25, 0.3) is 11.5 Å². The molecule has 0 bridgehead atoms. The lowest BCUT2D eigenvalue weighted by molar-refractivity contribution is 0.0932. The van der Waals surface area contributed by atoms with Crippen LogP contribution in [0.25, 0.3) is 0 Å². The van der Waals surface area contributed by atoms with Crippen LogP contribution in [0.3, 0.4) is 0 Å². The van der Waals surface area contributed by atoms with E-state index >= 15 is 0 Å². The molecular weight excluding hydrogens is 411 g/mol. The number of amides is 1. The molecular formula is C21H26BrFN2O2. The van der Waals surface area contributed by atoms with E-state index in [1.165, 1.54) is 6.07 Å². The highest BCUT2D eigenvalue weighted by Gasteiger charge is 2.23. The van der Waals surface area contributed by atoms with Crippen molar-refractivity contribution < 1.29 is 9.18 Å². The molecule has 27 heavy (non-hydrogen) atoms. The maximum Gasteiger partial charge on any atom is 0.265 e. The number of nitrogens with one attached hydrogen (secondary N) is 1. The zero-order chi connectivity index (χ0) is 20.1. The third kappa shape index (κ3) is 4.49. The second kappa shape index (κ2) is 9.31. The van der Waals surface area contributed by atoms with Crippen LogP contribution in [0.15, 0.2) is 33.5 Å². The molecule has 0 aliphatic carbocycles. The highest BCUT2D eigenvalue weighted by Crippen LogP contribution is 2.24. The SMILES string of the molecule is CCCCn1c(C)c(C(=O)N[C@@H](CC)c2ccccc2F)c(C)c(Br)c1=O. The fourth-order valence-corrected chi connectivity index (χ4v) is 3.67. The molecule has 0 saturated heterocycles. The van der Waals surface area contributed by atoms with Gasteiger partial charge in [-0.3, -0.25) is 9.59 Å². The average molecular weight is 437 g/mol. The number of hydrogen-bond acceptors (Lipinski definition) is 2. The maximum atomic E-state index is 14.2. The molecule has 0 unspecified atom stereocenters. The topological polar surface area (TPSA) is 51.1 Å². The summed E-state index contributed by atoms with van der Waals surface area (Å²) < 4.78 is 16.2. The quantitative estimate of drug-likeness (QED) is 0.659. The number of aromatic nitrogens is 1. The van der Waals surface area contributed by atoms with Crippen LogP contribution in [0.2, 0.25) is 0 Å². The largest absolute Gasteiger partial charge is 0.345 e. The molecule has 1 aromatic carbocycles. The van der Waals surface area contributed by atoms with E-state index in [9.17, 15) is 14.0 Å². The third-order valence-corrected chi connectivity index (χ3v) is 5.79. The molecule has 2 rings (SSSR count). The molecule has 1 N–H and O–H groups in total. The molecule has 4 nitrogen and oxygen atoms in total. The average Bonchev–Trinajstić information content (AvgIpc) is 2.65. The maximum absolute atomic E-state index is 14.2. The highest BCUT2D eigenvalue weighted by atomic mass is 79.9. The molecule has 1 aromatic heterocycles. The smallest absolute Gasteiger partial charge is 0.265 e. The number of unbranched alkanes of at least 4 members (excludes halogenated alkanes) is 1. The van der Waals surface area contributed by atoms with Gasteiger partial charge in [-0.2, -0.15) is 0 Å². The second-order valence-electron chi connectivity index (χ2n) is 6.67. The number of carbonyl (C=O) groups excluding carboxylic acids is 1. The standard InChI is InChI=1S/C21H26BrFN2O2/c1-5-7-12-25-14(4)18(13(3)19(22)21(25)27)20(26)24-17(6-2)15-10-8-9-11-16(15)23/h8-11,17H,5-7,12H2,1-4H3,(H,24,26)/t17-/m0/s1. The van der Waals surface area contributed by atoms with E-state index in [2.05, 4.69) is 28.2 Å². The van der Waals surface area contributed by atoms with Crippen molar-refractivity contribution in [2.75, 3.05) is 0 Å². The van der Waals surface area contributed by atoms with Gasteiger partial charge in [-0.1, -0.05) is 38.5 Å². The predicted molar refractivity (Wildman–Crippen MR) is 110 cm³/mol. The van der Waals surface area contributed by atoms with Crippen molar-refractivity contribution in [2.24, 2.45) is 0 Å². The van der Waals surface area contributed by atoms with E-state index in [0.29, 0.717) is 39.8 Å². The molecule has 0 radical (unpaired) electrons. The lowest BCUT2D eigenvalue weighted by Crippen LogP contribution is -2.34. The van der Waals surface area contributed by atoms with Crippen LogP contribution in [0.5, 0.6) is 0 Å². The van der Waals surface area contributed by atoms with Crippen molar-refractivity contribution in [3.8, 4) is 0 Å². The fourth-order valence-electron chi connectivity index (χ4n) is 3.26. The second-order valence-corrected chi connectivity index (χ2v) is 7.46. The van der Waals surface area contributed by atoms with E-state index in [1.54, 1.807) is 36.6 Å². The van der Waals surface area contributed by atoms with E-state index in [0.717, 1.165) is 12.8 Å². The normalized spacial score (nSPS) is 12.1. The van der Waals surface area contributed by atoms with Crippen LogP contribution in [0.1, 0.15) is 66.3 Å². The third-order valence-electron chi connectivity index (χ3n) is 4.86. The number of nitrogens with zero attached hydrogens (tertiary/aromatic N) is 1. The Balaban J connectivity index is 2.44. The van der Waals surface area contributed by atoms with Gasteiger partial charge in [-0.25, -0.2) is 4.39 Å². The Labute approximate surface area is 167 Å². The molecule has 0 saturated carbocycles. The first-order valence-electron chi connectivity index (χ1n) is 9.28. The van der Waals surface area contributed by atoms with Crippen LogP contribution < -0.4 is 10.9 Å². The minimum absolute atomic E-state index is 0.129. The lowest BCUT2D eigenvalue weighted by Gasteiger charge is -2.22.